The second-order valence-electron chi connectivity index (χ2n) is 11.6. The number of esters is 1. The summed E-state index contributed by atoms with van der Waals surface area (Å²) >= 11 is 0. The summed E-state index contributed by atoms with van der Waals surface area (Å²) in [7, 11) is -4.39. The molecule has 46 heavy (non-hydrogen) atoms. The number of nitriles is 1. The highest BCUT2D eigenvalue weighted by molar-refractivity contribution is 7.85. The van der Waals surface area contributed by atoms with Crippen molar-refractivity contribution in [2.24, 2.45) is 0 Å². The van der Waals surface area contributed by atoms with Crippen LogP contribution in [0.15, 0.2) is 109 Å². The third-order valence-corrected chi connectivity index (χ3v) is 9.39. The number of carbonyl (C=O) groups is 1. The van der Waals surface area contributed by atoms with Gasteiger partial charge in [-0.25, -0.2) is 13.2 Å². The Hall–Kier alpha value is -4.97. The van der Waals surface area contributed by atoms with E-state index in [4.69, 9.17) is 4.74 Å². The summed E-state index contributed by atoms with van der Waals surface area (Å²) in [5, 5.41) is 9.61. The van der Waals surface area contributed by atoms with Gasteiger partial charge >= 0.3 is 5.97 Å². The van der Waals surface area contributed by atoms with E-state index in [1.807, 2.05) is 24.3 Å². The van der Waals surface area contributed by atoms with Crippen LogP contribution in [0.5, 0.6) is 0 Å². The molecule has 0 N–H and O–H groups in total. The van der Waals surface area contributed by atoms with Crippen molar-refractivity contribution in [1.82, 2.24) is 0 Å². The number of hydrogen-bond acceptors (Lipinski definition) is 7. The second-order valence-corrected chi connectivity index (χ2v) is 13.1. The van der Waals surface area contributed by atoms with Gasteiger partial charge in [0.2, 0.25) is 0 Å². The molecule has 4 aromatic carbocycles. The van der Waals surface area contributed by atoms with Gasteiger partial charge in [0, 0.05) is 29.1 Å². The molecule has 6 rings (SSSR count). The number of carbonyl (C=O) groups excluding carboxylic acids is 1. The molecular weight excluding hydrogens is 596 g/mol. The van der Waals surface area contributed by atoms with Gasteiger partial charge in [0.25, 0.3) is 0 Å². The van der Waals surface area contributed by atoms with Crippen molar-refractivity contribution in [2.45, 2.75) is 37.6 Å². The Bertz CT molecular complexity index is 1890. The lowest BCUT2D eigenvalue weighted by Crippen LogP contribution is -2.26. The molecule has 0 saturated heterocycles. The van der Waals surface area contributed by atoms with Crippen molar-refractivity contribution in [3.63, 3.8) is 0 Å². The predicted molar refractivity (Wildman–Crippen MR) is 179 cm³/mol. The van der Waals surface area contributed by atoms with E-state index in [1.54, 1.807) is 0 Å². The van der Waals surface area contributed by atoms with E-state index in [0.717, 1.165) is 58.5 Å². The Labute approximate surface area is 269 Å². The average molecular weight is 630 g/mol. The monoisotopic (exact) mass is 629 g/mol. The summed E-state index contributed by atoms with van der Waals surface area (Å²) in [5.74, 6) is -1.13. The molecule has 4 aromatic rings. The van der Waals surface area contributed by atoms with E-state index in [9.17, 15) is 23.0 Å². The zero-order valence-electron chi connectivity index (χ0n) is 25.2. The van der Waals surface area contributed by atoms with E-state index < -0.39 is 21.8 Å². The summed E-state index contributed by atoms with van der Waals surface area (Å²) < 4.78 is 37.4. The van der Waals surface area contributed by atoms with E-state index in [-0.39, 0.29) is 18.6 Å². The van der Waals surface area contributed by atoms with Crippen LogP contribution in [0.2, 0.25) is 0 Å². The highest BCUT2D eigenvalue weighted by Gasteiger charge is 2.42. The molecule has 8 heteroatoms. The topological polar surface area (TPSA) is 111 Å². The highest BCUT2D eigenvalue weighted by atomic mass is 32.2. The second kappa shape index (κ2) is 13.6. The van der Waals surface area contributed by atoms with Gasteiger partial charge in [-0.1, -0.05) is 85.3 Å². The van der Waals surface area contributed by atoms with Crippen LogP contribution in [0.3, 0.4) is 0 Å². The maximum absolute atomic E-state index is 12.5. The third-order valence-electron chi connectivity index (χ3n) is 8.60. The number of nitrogens with zero attached hydrogens (tertiary/aromatic N) is 2. The molecule has 1 heterocycles. The Balaban J connectivity index is 1.25. The van der Waals surface area contributed by atoms with Crippen LogP contribution >= 0.6 is 0 Å². The van der Waals surface area contributed by atoms with E-state index in [2.05, 4.69) is 95.9 Å². The first kappa shape index (κ1) is 31.0. The van der Waals surface area contributed by atoms with Gasteiger partial charge in [0.15, 0.2) is 0 Å². The Morgan fingerprint density at radius 3 is 2.17 bits per heavy atom. The molecule has 2 unspecified atom stereocenters. The first-order chi connectivity index (χ1) is 22.3. The number of anilines is 2. The summed E-state index contributed by atoms with van der Waals surface area (Å²) in [4.78, 5) is 14.9. The molecule has 1 fully saturated rings. The maximum Gasteiger partial charge on any atom is 0.348 e. The molecule has 2 atom stereocenters. The van der Waals surface area contributed by atoms with Crippen LogP contribution in [0.4, 0.5) is 11.4 Å². The first-order valence-corrected chi connectivity index (χ1v) is 17.0. The molecule has 7 nitrogen and oxygen atoms in total. The molecule has 232 valence electrons. The van der Waals surface area contributed by atoms with Crippen LogP contribution in [-0.2, 0) is 19.6 Å². The fourth-order valence-corrected chi connectivity index (χ4v) is 7.02. The summed E-state index contributed by atoms with van der Waals surface area (Å²) in [6.45, 7) is -0.253. The number of hydrogen-bond donors (Lipinski definition) is 0. The lowest BCUT2D eigenvalue weighted by molar-refractivity contribution is -0.138. The van der Waals surface area contributed by atoms with Crippen LogP contribution in [0.1, 0.15) is 59.4 Å². The van der Waals surface area contributed by atoms with Crippen molar-refractivity contribution in [3.8, 4) is 6.07 Å². The van der Waals surface area contributed by atoms with Crippen LogP contribution in [0, 0.1) is 11.3 Å². The molecule has 0 amide bonds. The minimum atomic E-state index is -4.39. The van der Waals surface area contributed by atoms with Crippen molar-refractivity contribution in [2.75, 3.05) is 17.3 Å². The fraction of sp³-hybridized carbons (Fsp3) is 0.211. The van der Waals surface area contributed by atoms with Gasteiger partial charge in [-0.3, -0.25) is 0 Å². The zero-order chi connectivity index (χ0) is 32.1. The largest absolute Gasteiger partial charge is 0.748 e. The average Bonchev–Trinajstić information content (AvgIpc) is 3.66. The lowest BCUT2D eigenvalue weighted by Gasteiger charge is -2.27. The molecular formula is C38H33N2O5S-. The Morgan fingerprint density at radius 2 is 1.54 bits per heavy atom. The first-order valence-electron chi connectivity index (χ1n) is 15.4. The van der Waals surface area contributed by atoms with Crippen LogP contribution < -0.4 is 4.90 Å². The minimum absolute atomic E-state index is 0.119. The smallest absolute Gasteiger partial charge is 0.348 e. The summed E-state index contributed by atoms with van der Waals surface area (Å²) in [6.07, 6.45) is 6.87. The third kappa shape index (κ3) is 6.96. The van der Waals surface area contributed by atoms with Gasteiger partial charge in [-0.2, -0.15) is 5.26 Å². The standard InChI is InChI=1S/C38H34N2O5S/c39-26-31(38(41)45-21-8-22-46(42,43)44)23-28-17-20-37-35(25-28)33-13-7-14-36(33)40(37)32-18-15-27(16-19-32)24-34(29-9-3-1-4-10-29)30-11-5-2-6-12-30/h1-6,9-12,15-20,23-25,33,36H,7-8,13-14,21-22H2,(H,42,43,44)/p-1/b31-23+. The van der Waals surface area contributed by atoms with E-state index >= 15 is 0 Å². The number of ether oxygens (including phenoxy) is 1. The van der Waals surface area contributed by atoms with Crippen molar-refractivity contribution in [3.05, 3.63) is 137 Å². The number of fused-ring (bicyclic) bond motifs is 3. The Morgan fingerprint density at radius 1 is 0.891 bits per heavy atom. The summed E-state index contributed by atoms with van der Waals surface area (Å²) in [6, 6.07) is 37.7. The molecule has 0 spiro atoms. The molecule has 1 aliphatic heterocycles. The molecule has 1 saturated carbocycles. The van der Waals surface area contributed by atoms with Gasteiger partial charge in [-0.05, 0) is 89.1 Å². The highest BCUT2D eigenvalue weighted by Crippen LogP contribution is 2.52. The van der Waals surface area contributed by atoms with Gasteiger partial charge in [-0.15, -0.1) is 0 Å². The minimum Gasteiger partial charge on any atom is -0.748 e. The molecule has 1 aliphatic carbocycles. The fourth-order valence-electron chi connectivity index (χ4n) is 6.55. The van der Waals surface area contributed by atoms with Gasteiger partial charge in [0.05, 0.1) is 16.7 Å². The van der Waals surface area contributed by atoms with Crippen LogP contribution in [0.25, 0.3) is 17.7 Å². The number of rotatable bonds is 10. The molecule has 2 aliphatic rings. The number of benzene rings is 4. The van der Waals surface area contributed by atoms with Crippen molar-refractivity contribution < 1.29 is 22.5 Å². The van der Waals surface area contributed by atoms with Crippen molar-refractivity contribution in [1.29, 1.82) is 5.26 Å². The van der Waals surface area contributed by atoms with E-state index in [1.165, 1.54) is 11.6 Å². The maximum atomic E-state index is 12.5. The quantitative estimate of drug-likeness (QED) is 0.0447. The normalized spacial score (nSPS) is 17.1. The molecule has 0 bridgehead atoms. The lowest BCUT2D eigenvalue weighted by atomic mass is 9.95. The van der Waals surface area contributed by atoms with E-state index in [0.29, 0.717) is 12.0 Å². The van der Waals surface area contributed by atoms with Crippen molar-refractivity contribution >= 4 is 45.2 Å². The Kier molecular flexibility index (Phi) is 9.16. The zero-order valence-corrected chi connectivity index (χ0v) is 26.0. The predicted octanol–water partition coefficient (Wildman–Crippen LogP) is 7.45. The SMILES string of the molecule is N#C/C(=C\c1ccc2c(c1)C1CCCC1N2c1ccc(C=C(c2ccccc2)c2ccccc2)cc1)C(=O)OCCCS(=O)(=O)[O-]. The van der Waals surface area contributed by atoms with Gasteiger partial charge < -0.3 is 14.2 Å². The van der Waals surface area contributed by atoms with Gasteiger partial charge in [0.1, 0.15) is 11.6 Å². The molecule has 0 aromatic heterocycles. The molecule has 0 radical (unpaired) electrons. The van der Waals surface area contributed by atoms with Crippen LogP contribution in [-0.4, -0.2) is 37.3 Å². The summed E-state index contributed by atoms with van der Waals surface area (Å²) in [5.41, 5.74) is 8.57.